The first-order valence-electron chi connectivity index (χ1n) is 7.28. The van der Waals surface area contributed by atoms with Gasteiger partial charge in [-0.05, 0) is 0 Å². The molecule has 0 N–H and O–H groups in total. The zero-order chi connectivity index (χ0) is 14.7. The van der Waals surface area contributed by atoms with Crippen molar-refractivity contribution in [2.24, 2.45) is 7.05 Å². The van der Waals surface area contributed by atoms with Crippen molar-refractivity contribution in [3.8, 4) is 0 Å². The number of hydrogen-bond donors (Lipinski definition) is 0. The molecule has 0 bridgehead atoms. The molecule has 0 radical (unpaired) electrons. The summed E-state index contributed by atoms with van der Waals surface area (Å²) in [6, 6.07) is 24.0. The van der Waals surface area contributed by atoms with Crippen molar-refractivity contribution in [2.45, 2.75) is 6.16 Å². The average molecular weight is 296 g/mol. The van der Waals surface area contributed by atoms with Crippen LogP contribution >= 0.6 is 7.26 Å². The molecule has 0 unspecified atom stereocenters. The van der Waals surface area contributed by atoms with E-state index in [1.54, 1.807) is 0 Å². The van der Waals surface area contributed by atoms with E-state index in [2.05, 4.69) is 78.5 Å². The Kier molecular flexibility index (Phi) is 3.90. The second-order valence-corrected chi connectivity index (χ2v) is 9.86. The van der Waals surface area contributed by atoms with Gasteiger partial charge in [0, 0.05) is 0 Å². The van der Waals surface area contributed by atoms with Gasteiger partial charge in [0.25, 0.3) is 0 Å². The Morgan fingerprint density at radius 1 is 0.857 bits per heavy atom. The first kappa shape index (κ1) is 14.0. The SMILES string of the molecule is Cn1nccc1C[PH](C)(c1ccccc1)c1ccccc1. The summed E-state index contributed by atoms with van der Waals surface area (Å²) in [6.07, 6.45) is 2.96. The molecule has 3 heteroatoms. The van der Waals surface area contributed by atoms with Crippen LogP contribution in [0.2, 0.25) is 0 Å². The fourth-order valence-corrected chi connectivity index (χ4v) is 6.59. The monoisotopic (exact) mass is 296 g/mol. The Morgan fingerprint density at radius 2 is 1.38 bits per heavy atom. The molecule has 1 aromatic heterocycles. The van der Waals surface area contributed by atoms with Gasteiger partial charge in [0.2, 0.25) is 0 Å². The van der Waals surface area contributed by atoms with Gasteiger partial charge in [0.05, 0.1) is 0 Å². The predicted molar refractivity (Wildman–Crippen MR) is 93.3 cm³/mol. The van der Waals surface area contributed by atoms with Gasteiger partial charge in [-0.15, -0.1) is 0 Å². The van der Waals surface area contributed by atoms with E-state index in [1.807, 2.05) is 17.9 Å². The quantitative estimate of drug-likeness (QED) is 0.677. The van der Waals surface area contributed by atoms with Crippen molar-refractivity contribution in [3.63, 3.8) is 0 Å². The van der Waals surface area contributed by atoms with Crippen LogP contribution < -0.4 is 10.6 Å². The molecule has 2 nitrogen and oxygen atoms in total. The molecule has 0 saturated heterocycles. The van der Waals surface area contributed by atoms with Crippen molar-refractivity contribution in [3.05, 3.63) is 78.6 Å². The van der Waals surface area contributed by atoms with E-state index >= 15 is 0 Å². The number of nitrogens with zero attached hydrogens (tertiary/aromatic N) is 2. The summed E-state index contributed by atoms with van der Waals surface area (Å²) in [4.78, 5) is 0. The Bertz CT molecular complexity index is 665. The standard InChI is InChI=1S/C18H21N2P/c1-20-16(13-14-19-20)15-21(2,17-9-5-3-6-10-17)18-11-7-4-8-12-18/h3-14,21H,15H2,1-2H3. The van der Waals surface area contributed by atoms with E-state index in [0.29, 0.717) is 0 Å². The molecule has 0 spiro atoms. The third kappa shape index (κ3) is 2.77. The number of rotatable bonds is 4. The van der Waals surface area contributed by atoms with Crippen LogP contribution in [0.5, 0.6) is 0 Å². The van der Waals surface area contributed by atoms with Crippen molar-refractivity contribution >= 4 is 17.9 Å². The summed E-state index contributed by atoms with van der Waals surface area (Å²) >= 11 is 0. The number of hydrogen-bond acceptors (Lipinski definition) is 1. The summed E-state index contributed by atoms with van der Waals surface area (Å²) in [5, 5.41) is 7.27. The van der Waals surface area contributed by atoms with Gasteiger partial charge in [-0.25, -0.2) is 0 Å². The van der Waals surface area contributed by atoms with E-state index in [1.165, 1.54) is 16.3 Å². The van der Waals surface area contributed by atoms with Crippen LogP contribution in [0, 0.1) is 0 Å². The summed E-state index contributed by atoms with van der Waals surface area (Å²) in [6.45, 7) is 2.45. The van der Waals surface area contributed by atoms with Crippen molar-refractivity contribution in [1.29, 1.82) is 0 Å². The van der Waals surface area contributed by atoms with Crippen molar-refractivity contribution in [2.75, 3.05) is 6.66 Å². The molecule has 0 aliphatic carbocycles. The summed E-state index contributed by atoms with van der Waals surface area (Å²) < 4.78 is 2.00. The van der Waals surface area contributed by atoms with E-state index in [-0.39, 0.29) is 0 Å². The molecule has 0 fully saturated rings. The van der Waals surface area contributed by atoms with Crippen LogP contribution in [-0.4, -0.2) is 16.4 Å². The molecule has 3 aromatic rings. The first-order valence-corrected chi connectivity index (χ1v) is 9.99. The molecule has 108 valence electrons. The Labute approximate surface area is 126 Å². The summed E-state index contributed by atoms with van der Waals surface area (Å²) in [7, 11) is 0.230. The van der Waals surface area contributed by atoms with Crippen LogP contribution in [0.25, 0.3) is 0 Å². The molecular formula is C18H21N2P. The minimum absolute atomic E-state index is 1.07. The van der Waals surface area contributed by atoms with Crippen LogP contribution in [0.3, 0.4) is 0 Å². The zero-order valence-corrected chi connectivity index (χ0v) is 13.5. The Hall–Kier alpha value is -1.92. The molecule has 0 saturated carbocycles. The molecule has 0 aliphatic heterocycles. The molecule has 1 heterocycles. The van der Waals surface area contributed by atoms with Crippen molar-refractivity contribution < 1.29 is 0 Å². The number of benzene rings is 2. The van der Waals surface area contributed by atoms with Crippen LogP contribution in [0.15, 0.2) is 72.9 Å². The first-order chi connectivity index (χ1) is 10.2. The van der Waals surface area contributed by atoms with Gasteiger partial charge in [-0.2, -0.15) is 0 Å². The predicted octanol–water partition coefficient (Wildman–Crippen LogP) is 2.95. The second-order valence-electron chi connectivity index (χ2n) is 5.69. The molecule has 0 atom stereocenters. The van der Waals surface area contributed by atoms with E-state index in [4.69, 9.17) is 0 Å². The number of aryl methyl sites for hydroxylation is 1. The maximum absolute atomic E-state index is 4.33. The summed E-state index contributed by atoms with van der Waals surface area (Å²) in [5.74, 6) is 0. The minimum atomic E-state index is -1.80. The van der Waals surface area contributed by atoms with Gasteiger partial charge in [-0.3, -0.25) is 0 Å². The van der Waals surface area contributed by atoms with Crippen LogP contribution in [-0.2, 0) is 13.2 Å². The summed E-state index contributed by atoms with van der Waals surface area (Å²) in [5.41, 5.74) is 1.30. The fraction of sp³-hybridized carbons (Fsp3) is 0.167. The van der Waals surface area contributed by atoms with E-state index in [0.717, 1.165) is 6.16 Å². The zero-order valence-electron chi connectivity index (χ0n) is 12.5. The third-order valence-corrected chi connectivity index (χ3v) is 8.56. The number of aromatic nitrogens is 2. The third-order valence-electron chi connectivity index (χ3n) is 4.28. The average Bonchev–Trinajstić information content (AvgIpc) is 2.94. The molecule has 2 aromatic carbocycles. The van der Waals surface area contributed by atoms with E-state index < -0.39 is 7.26 Å². The molecule has 0 amide bonds. The van der Waals surface area contributed by atoms with Crippen molar-refractivity contribution in [1.82, 2.24) is 9.78 Å². The normalized spacial score (nSPS) is 12.3. The van der Waals surface area contributed by atoms with Gasteiger partial charge in [-0.1, -0.05) is 0 Å². The van der Waals surface area contributed by atoms with Gasteiger partial charge in [0.15, 0.2) is 0 Å². The van der Waals surface area contributed by atoms with Gasteiger partial charge in [0.1, 0.15) is 0 Å². The topological polar surface area (TPSA) is 17.8 Å². The fourth-order valence-electron chi connectivity index (χ4n) is 2.92. The Morgan fingerprint density at radius 3 is 1.81 bits per heavy atom. The molecule has 0 aliphatic rings. The molecule has 21 heavy (non-hydrogen) atoms. The Balaban J connectivity index is 2.09. The second kappa shape index (κ2) is 5.83. The van der Waals surface area contributed by atoms with Gasteiger partial charge >= 0.3 is 126 Å². The van der Waals surface area contributed by atoms with Crippen LogP contribution in [0.4, 0.5) is 0 Å². The molecular weight excluding hydrogens is 275 g/mol. The van der Waals surface area contributed by atoms with Gasteiger partial charge < -0.3 is 0 Å². The van der Waals surface area contributed by atoms with Crippen LogP contribution in [0.1, 0.15) is 5.69 Å². The van der Waals surface area contributed by atoms with E-state index in [9.17, 15) is 0 Å². The molecule has 3 rings (SSSR count). The maximum atomic E-state index is 4.33.